The SMILES string of the molecule is COc1cc(OC)cc(C(=O)N2COC(c3ccccc3)C2)c1. The largest absolute Gasteiger partial charge is 0.497 e. The Morgan fingerprint density at radius 3 is 2.35 bits per heavy atom. The van der Waals surface area contributed by atoms with Gasteiger partial charge in [0.25, 0.3) is 5.91 Å². The molecule has 120 valence electrons. The first-order chi connectivity index (χ1) is 11.2. The van der Waals surface area contributed by atoms with Crippen molar-refractivity contribution >= 4 is 5.91 Å². The topological polar surface area (TPSA) is 48.0 Å². The van der Waals surface area contributed by atoms with Crippen LogP contribution < -0.4 is 9.47 Å². The van der Waals surface area contributed by atoms with E-state index >= 15 is 0 Å². The second-order valence-electron chi connectivity index (χ2n) is 5.32. The molecule has 5 heteroatoms. The highest BCUT2D eigenvalue weighted by atomic mass is 16.5. The van der Waals surface area contributed by atoms with E-state index in [2.05, 4.69) is 0 Å². The van der Waals surface area contributed by atoms with Gasteiger partial charge >= 0.3 is 0 Å². The zero-order chi connectivity index (χ0) is 16.2. The summed E-state index contributed by atoms with van der Waals surface area (Å²) < 4.78 is 16.2. The third kappa shape index (κ3) is 3.29. The van der Waals surface area contributed by atoms with E-state index < -0.39 is 0 Å². The van der Waals surface area contributed by atoms with Gasteiger partial charge < -0.3 is 19.1 Å². The first-order valence-corrected chi connectivity index (χ1v) is 7.40. The van der Waals surface area contributed by atoms with Crippen LogP contribution in [0.3, 0.4) is 0 Å². The zero-order valence-electron chi connectivity index (χ0n) is 13.2. The van der Waals surface area contributed by atoms with Gasteiger partial charge in [-0.25, -0.2) is 0 Å². The first-order valence-electron chi connectivity index (χ1n) is 7.40. The maximum absolute atomic E-state index is 12.7. The van der Waals surface area contributed by atoms with Crippen LogP contribution >= 0.6 is 0 Å². The predicted molar refractivity (Wildman–Crippen MR) is 85.7 cm³/mol. The molecule has 1 saturated heterocycles. The molecule has 0 N–H and O–H groups in total. The van der Waals surface area contributed by atoms with E-state index in [1.54, 1.807) is 37.3 Å². The van der Waals surface area contributed by atoms with Crippen molar-refractivity contribution in [2.75, 3.05) is 27.5 Å². The summed E-state index contributed by atoms with van der Waals surface area (Å²) in [5, 5.41) is 0. The van der Waals surface area contributed by atoms with Gasteiger partial charge in [-0.15, -0.1) is 0 Å². The van der Waals surface area contributed by atoms with E-state index in [1.807, 2.05) is 30.3 Å². The van der Waals surface area contributed by atoms with Crippen LogP contribution in [0.15, 0.2) is 48.5 Å². The van der Waals surface area contributed by atoms with E-state index in [0.717, 1.165) is 5.56 Å². The third-order valence-corrected chi connectivity index (χ3v) is 3.87. The second-order valence-corrected chi connectivity index (χ2v) is 5.32. The number of carbonyl (C=O) groups is 1. The molecule has 0 bridgehead atoms. The van der Waals surface area contributed by atoms with Crippen LogP contribution in [0.25, 0.3) is 0 Å². The summed E-state index contributed by atoms with van der Waals surface area (Å²) in [7, 11) is 3.13. The minimum absolute atomic E-state index is 0.0901. The molecule has 3 rings (SSSR count). The number of ether oxygens (including phenoxy) is 3. The summed E-state index contributed by atoms with van der Waals surface area (Å²) in [5.74, 6) is 1.08. The van der Waals surface area contributed by atoms with Crippen molar-refractivity contribution in [3.05, 3.63) is 59.7 Å². The van der Waals surface area contributed by atoms with Gasteiger partial charge in [0.1, 0.15) is 24.3 Å². The summed E-state index contributed by atoms with van der Waals surface area (Å²) >= 11 is 0. The van der Waals surface area contributed by atoms with Crippen molar-refractivity contribution < 1.29 is 19.0 Å². The molecule has 1 amide bonds. The van der Waals surface area contributed by atoms with Gasteiger partial charge in [0.2, 0.25) is 0 Å². The van der Waals surface area contributed by atoms with Gasteiger partial charge in [-0.2, -0.15) is 0 Å². The van der Waals surface area contributed by atoms with Crippen LogP contribution in [0.2, 0.25) is 0 Å². The van der Waals surface area contributed by atoms with Gasteiger partial charge in [-0.1, -0.05) is 30.3 Å². The number of benzene rings is 2. The molecule has 0 radical (unpaired) electrons. The molecule has 1 heterocycles. The summed E-state index contributed by atoms with van der Waals surface area (Å²) in [6, 6.07) is 15.1. The molecule has 23 heavy (non-hydrogen) atoms. The molecule has 0 saturated carbocycles. The Morgan fingerprint density at radius 2 is 1.74 bits per heavy atom. The van der Waals surface area contributed by atoms with E-state index in [1.165, 1.54) is 0 Å². The molecular formula is C18H19NO4. The number of rotatable bonds is 4. The zero-order valence-corrected chi connectivity index (χ0v) is 13.2. The maximum atomic E-state index is 12.7. The Bertz CT molecular complexity index is 664. The molecule has 1 aliphatic rings. The lowest BCUT2D eigenvalue weighted by Crippen LogP contribution is -2.28. The molecule has 1 atom stereocenters. The third-order valence-electron chi connectivity index (χ3n) is 3.87. The number of hydrogen-bond donors (Lipinski definition) is 0. The second kappa shape index (κ2) is 6.71. The molecule has 1 fully saturated rings. The minimum atomic E-state index is -0.0966. The van der Waals surface area contributed by atoms with Crippen molar-refractivity contribution in [3.63, 3.8) is 0 Å². The summed E-state index contributed by atoms with van der Waals surface area (Å²) in [5.41, 5.74) is 1.60. The predicted octanol–water partition coefficient (Wildman–Crippen LogP) is 2.88. The Balaban J connectivity index is 1.77. The molecule has 5 nitrogen and oxygen atoms in total. The van der Waals surface area contributed by atoms with E-state index in [4.69, 9.17) is 14.2 Å². The Hall–Kier alpha value is -2.53. The Morgan fingerprint density at radius 1 is 1.09 bits per heavy atom. The number of carbonyl (C=O) groups excluding carboxylic acids is 1. The number of amides is 1. The molecule has 0 spiro atoms. The van der Waals surface area contributed by atoms with Gasteiger partial charge in [0, 0.05) is 11.6 Å². The molecule has 2 aromatic carbocycles. The van der Waals surface area contributed by atoms with Crippen molar-refractivity contribution in [3.8, 4) is 11.5 Å². The van der Waals surface area contributed by atoms with Crippen molar-refractivity contribution in [2.45, 2.75) is 6.10 Å². The Labute approximate surface area is 135 Å². The molecule has 0 aromatic heterocycles. The normalized spacial score (nSPS) is 17.1. The van der Waals surface area contributed by atoms with Crippen LogP contribution in [0, 0.1) is 0 Å². The summed E-state index contributed by atoms with van der Waals surface area (Å²) in [6.07, 6.45) is -0.0901. The van der Waals surface area contributed by atoms with Crippen molar-refractivity contribution in [2.24, 2.45) is 0 Å². The molecule has 1 aliphatic heterocycles. The van der Waals surface area contributed by atoms with Crippen molar-refractivity contribution in [1.29, 1.82) is 0 Å². The number of hydrogen-bond acceptors (Lipinski definition) is 4. The standard InChI is InChI=1S/C18H19NO4/c1-21-15-8-14(9-16(10-15)22-2)18(20)19-11-17(23-12-19)13-6-4-3-5-7-13/h3-10,17H,11-12H2,1-2H3. The fourth-order valence-electron chi connectivity index (χ4n) is 2.61. The van der Waals surface area contributed by atoms with E-state index in [9.17, 15) is 4.79 Å². The fourth-order valence-corrected chi connectivity index (χ4v) is 2.61. The van der Waals surface area contributed by atoms with Gasteiger partial charge in [-0.3, -0.25) is 4.79 Å². The summed E-state index contributed by atoms with van der Waals surface area (Å²) in [6.45, 7) is 0.806. The molecule has 0 aliphatic carbocycles. The van der Waals surface area contributed by atoms with Gasteiger partial charge in [-0.05, 0) is 17.7 Å². The van der Waals surface area contributed by atoms with Crippen LogP contribution in [-0.4, -0.2) is 38.3 Å². The smallest absolute Gasteiger partial charge is 0.256 e. The minimum Gasteiger partial charge on any atom is -0.497 e. The average molecular weight is 313 g/mol. The first kappa shape index (κ1) is 15.4. The monoisotopic (exact) mass is 313 g/mol. The van der Waals surface area contributed by atoms with Crippen molar-refractivity contribution in [1.82, 2.24) is 4.90 Å². The lowest BCUT2D eigenvalue weighted by atomic mass is 10.1. The Kier molecular flexibility index (Phi) is 4.48. The summed E-state index contributed by atoms with van der Waals surface area (Å²) in [4.78, 5) is 14.4. The number of methoxy groups -OCH3 is 2. The van der Waals surface area contributed by atoms with Crippen LogP contribution in [0.5, 0.6) is 11.5 Å². The van der Waals surface area contributed by atoms with E-state index in [0.29, 0.717) is 23.6 Å². The van der Waals surface area contributed by atoms with E-state index in [-0.39, 0.29) is 18.7 Å². The molecular weight excluding hydrogens is 294 g/mol. The lowest BCUT2D eigenvalue weighted by Gasteiger charge is -2.15. The van der Waals surface area contributed by atoms with Gasteiger partial charge in [0.05, 0.1) is 20.8 Å². The highest BCUT2D eigenvalue weighted by molar-refractivity contribution is 5.95. The quantitative estimate of drug-likeness (QED) is 0.871. The average Bonchev–Trinajstić information content (AvgIpc) is 3.11. The highest BCUT2D eigenvalue weighted by Crippen LogP contribution is 2.28. The van der Waals surface area contributed by atoms with Crippen LogP contribution in [0.4, 0.5) is 0 Å². The maximum Gasteiger partial charge on any atom is 0.256 e. The van der Waals surface area contributed by atoms with Crippen LogP contribution in [-0.2, 0) is 4.74 Å². The highest BCUT2D eigenvalue weighted by Gasteiger charge is 2.29. The fraction of sp³-hybridized carbons (Fsp3) is 0.278. The van der Waals surface area contributed by atoms with Gasteiger partial charge in [0.15, 0.2) is 0 Å². The lowest BCUT2D eigenvalue weighted by molar-refractivity contribution is 0.0630. The van der Waals surface area contributed by atoms with Crippen LogP contribution in [0.1, 0.15) is 22.0 Å². The number of nitrogens with zero attached hydrogens (tertiary/aromatic N) is 1. The molecule has 2 aromatic rings. The molecule has 1 unspecified atom stereocenters.